The SMILES string of the molecule is C=C(C)C(=O)OCCOCCOC(=O)c1ccc(C(=O)Oc2ccc3c(c2)C(C)c2cc(OC(=O)c4ccc(C(=O)OCCOCCOC(=O)C(=C)C)cc4)ccc2-3)cc1. The van der Waals surface area contributed by atoms with E-state index in [1.54, 1.807) is 38.1 Å². The summed E-state index contributed by atoms with van der Waals surface area (Å²) in [6, 6.07) is 22.5. The summed E-state index contributed by atoms with van der Waals surface area (Å²) in [6.45, 7) is 12.7. The first kappa shape index (κ1) is 44.2. The van der Waals surface area contributed by atoms with Crippen LogP contribution >= 0.6 is 0 Å². The van der Waals surface area contributed by atoms with E-state index >= 15 is 0 Å². The molecule has 312 valence electrons. The zero-order chi connectivity index (χ0) is 43.2. The lowest BCUT2D eigenvalue weighted by Crippen LogP contribution is -2.15. The molecular formula is C46H44O14. The van der Waals surface area contributed by atoms with Gasteiger partial charge in [-0.1, -0.05) is 32.2 Å². The number of esters is 6. The van der Waals surface area contributed by atoms with E-state index in [9.17, 15) is 28.8 Å². The summed E-state index contributed by atoms with van der Waals surface area (Å²) in [7, 11) is 0. The molecule has 0 unspecified atom stereocenters. The van der Waals surface area contributed by atoms with E-state index in [0.29, 0.717) is 22.6 Å². The Kier molecular flexibility index (Phi) is 15.6. The Morgan fingerprint density at radius 1 is 0.450 bits per heavy atom. The average Bonchev–Trinajstić information content (AvgIpc) is 3.52. The lowest BCUT2D eigenvalue weighted by atomic mass is 9.99. The minimum atomic E-state index is -0.611. The fourth-order valence-electron chi connectivity index (χ4n) is 5.79. The summed E-state index contributed by atoms with van der Waals surface area (Å²) in [5, 5.41) is 0. The minimum absolute atomic E-state index is 0.0134. The maximum absolute atomic E-state index is 13.0. The second-order valence-corrected chi connectivity index (χ2v) is 13.5. The van der Waals surface area contributed by atoms with E-state index in [2.05, 4.69) is 13.2 Å². The van der Waals surface area contributed by atoms with E-state index in [1.807, 2.05) is 19.1 Å². The van der Waals surface area contributed by atoms with Crippen LogP contribution in [0.3, 0.4) is 0 Å². The molecule has 0 heterocycles. The van der Waals surface area contributed by atoms with E-state index in [-0.39, 0.29) is 81.0 Å². The number of carbonyl (C=O) groups is 6. The van der Waals surface area contributed by atoms with Gasteiger partial charge in [0.1, 0.15) is 37.9 Å². The predicted molar refractivity (Wildman–Crippen MR) is 216 cm³/mol. The molecule has 0 amide bonds. The third-order valence-electron chi connectivity index (χ3n) is 8.94. The van der Waals surface area contributed by atoms with Crippen LogP contribution in [0.15, 0.2) is 109 Å². The molecule has 5 rings (SSSR count). The predicted octanol–water partition coefficient (Wildman–Crippen LogP) is 6.84. The number of hydrogen-bond donors (Lipinski definition) is 0. The number of fused-ring (bicyclic) bond motifs is 3. The van der Waals surface area contributed by atoms with Crippen LogP contribution < -0.4 is 9.47 Å². The van der Waals surface area contributed by atoms with Gasteiger partial charge < -0.3 is 37.9 Å². The van der Waals surface area contributed by atoms with Crippen molar-refractivity contribution in [3.05, 3.63) is 143 Å². The molecule has 14 nitrogen and oxygen atoms in total. The van der Waals surface area contributed by atoms with Gasteiger partial charge in [-0.25, -0.2) is 28.8 Å². The maximum atomic E-state index is 13.0. The molecule has 0 saturated carbocycles. The van der Waals surface area contributed by atoms with Crippen molar-refractivity contribution < 1.29 is 66.7 Å². The highest BCUT2D eigenvalue weighted by Crippen LogP contribution is 2.47. The molecule has 0 aromatic heterocycles. The number of rotatable bonds is 20. The van der Waals surface area contributed by atoms with Gasteiger partial charge in [-0.3, -0.25) is 0 Å². The second kappa shape index (κ2) is 21.2. The maximum Gasteiger partial charge on any atom is 0.343 e. The smallest absolute Gasteiger partial charge is 0.343 e. The average molecular weight is 821 g/mol. The zero-order valence-corrected chi connectivity index (χ0v) is 33.4. The van der Waals surface area contributed by atoms with Crippen molar-refractivity contribution in [1.82, 2.24) is 0 Å². The van der Waals surface area contributed by atoms with E-state index < -0.39 is 35.8 Å². The van der Waals surface area contributed by atoms with E-state index in [4.69, 9.17) is 37.9 Å². The molecule has 4 aromatic carbocycles. The summed E-state index contributed by atoms with van der Waals surface area (Å²) in [5.41, 5.74) is 5.28. The minimum Gasteiger partial charge on any atom is -0.460 e. The number of carbonyl (C=O) groups excluding carboxylic acids is 6. The molecule has 0 fully saturated rings. The lowest BCUT2D eigenvalue weighted by Gasteiger charge is -2.10. The summed E-state index contributed by atoms with van der Waals surface area (Å²) < 4.78 is 42.2. The van der Waals surface area contributed by atoms with E-state index in [0.717, 1.165) is 22.3 Å². The van der Waals surface area contributed by atoms with Crippen LogP contribution in [0.2, 0.25) is 0 Å². The Labute approximate surface area is 346 Å². The molecule has 4 aromatic rings. The Hall–Kier alpha value is -6.90. The van der Waals surface area contributed by atoms with Gasteiger partial charge >= 0.3 is 35.8 Å². The van der Waals surface area contributed by atoms with Gasteiger partial charge in [-0.2, -0.15) is 0 Å². The third-order valence-corrected chi connectivity index (χ3v) is 8.94. The molecule has 0 aliphatic heterocycles. The lowest BCUT2D eigenvalue weighted by molar-refractivity contribution is -0.141. The van der Waals surface area contributed by atoms with Crippen LogP contribution in [0.5, 0.6) is 11.5 Å². The van der Waals surface area contributed by atoms with Crippen molar-refractivity contribution in [1.29, 1.82) is 0 Å². The molecule has 0 saturated heterocycles. The fraction of sp³-hybridized carbons (Fsp3) is 0.261. The second-order valence-electron chi connectivity index (χ2n) is 13.5. The largest absolute Gasteiger partial charge is 0.460 e. The van der Waals surface area contributed by atoms with Crippen LogP contribution in [-0.2, 0) is 38.0 Å². The zero-order valence-electron chi connectivity index (χ0n) is 33.4. The Morgan fingerprint density at radius 2 is 0.767 bits per heavy atom. The number of benzene rings is 4. The van der Waals surface area contributed by atoms with Gasteiger partial charge in [0, 0.05) is 17.1 Å². The van der Waals surface area contributed by atoms with Gasteiger partial charge in [0.05, 0.1) is 48.7 Å². The first-order chi connectivity index (χ1) is 28.8. The Balaban J connectivity index is 1.07. The number of ether oxygens (including phenoxy) is 8. The fourth-order valence-corrected chi connectivity index (χ4v) is 5.79. The molecule has 0 radical (unpaired) electrons. The van der Waals surface area contributed by atoms with Gasteiger partial charge in [-0.15, -0.1) is 0 Å². The molecule has 0 N–H and O–H groups in total. The first-order valence-corrected chi connectivity index (χ1v) is 18.9. The molecule has 14 heteroatoms. The van der Waals surface area contributed by atoms with Crippen molar-refractivity contribution in [3.63, 3.8) is 0 Å². The summed E-state index contributed by atoms with van der Waals surface area (Å²) in [4.78, 5) is 73.6. The van der Waals surface area contributed by atoms with Crippen LogP contribution in [0.1, 0.15) is 79.2 Å². The van der Waals surface area contributed by atoms with Crippen LogP contribution in [0, 0.1) is 0 Å². The molecule has 0 atom stereocenters. The molecule has 0 spiro atoms. The van der Waals surface area contributed by atoms with Crippen LogP contribution in [-0.4, -0.2) is 88.7 Å². The number of hydrogen-bond acceptors (Lipinski definition) is 14. The molecule has 1 aliphatic rings. The summed E-state index contributed by atoms with van der Waals surface area (Å²) in [6.07, 6.45) is 0. The highest BCUT2D eigenvalue weighted by atomic mass is 16.6. The van der Waals surface area contributed by atoms with Crippen LogP contribution in [0.25, 0.3) is 11.1 Å². The first-order valence-electron chi connectivity index (χ1n) is 18.9. The van der Waals surface area contributed by atoms with Crippen molar-refractivity contribution in [2.24, 2.45) is 0 Å². The van der Waals surface area contributed by atoms with Crippen molar-refractivity contribution >= 4 is 35.8 Å². The highest BCUT2D eigenvalue weighted by Gasteiger charge is 2.27. The summed E-state index contributed by atoms with van der Waals surface area (Å²) in [5.74, 6) is -2.86. The Bertz CT molecular complexity index is 2100. The molecule has 1 aliphatic carbocycles. The van der Waals surface area contributed by atoms with Gasteiger partial charge in [0.15, 0.2) is 0 Å². The molecular weight excluding hydrogens is 776 g/mol. The summed E-state index contributed by atoms with van der Waals surface area (Å²) >= 11 is 0. The van der Waals surface area contributed by atoms with Crippen molar-refractivity contribution in [2.45, 2.75) is 26.7 Å². The van der Waals surface area contributed by atoms with Crippen molar-refractivity contribution in [3.8, 4) is 22.6 Å². The Morgan fingerprint density at radius 3 is 1.10 bits per heavy atom. The monoisotopic (exact) mass is 820 g/mol. The highest BCUT2D eigenvalue weighted by molar-refractivity contribution is 5.95. The normalized spacial score (nSPS) is 11.4. The standard InChI is InChI=1S/C46H44O14/c1-28(2)41(47)55-22-18-53-20-24-57-43(49)31-6-10-33(11-7-31)45(51)59-35-14-16-37-38-17-15-36(27-40(38)30(5)39(37)26-35)60-46(52)34-12-8-32(9-13-34)44(50)58-25-21-54-19-23-56-42(48)29(3)4/h6-17,26-27,30H,1,3,18-25H2,2,4-5H3. The van der Waals surface area contributed by atoms with E-state index in [1.165, 1.54) is 48.5 Å². The van der Waals surface area contributed by atoms with Gasteiger partial charge in [-0.05, 0) is 109 Å². The molecule has 60 heavy (non-hydrogen) atoms. The quantitative estimate of drug-likeness (QED) is 0.0298. The topological polar surface area (TPSA) is 176 Å². The van der Waals surface area contributed by atoms with Crippen LogP contribution in [0.4, 0.5) is 0 Å². The van der Waals surface area contributed by atoms with Crippen molar-refractivity contribution in [2.75, 3.05) is 52.9 Å². The third kappa shape index (κ3) is 12.1. The molecule has 0 bridgehead atoms. The van der Waals surface area contributed by atoms with Gasteiger partial charge in [0.25, 0.3) is 0 Å². The van der Waals surface area contributed by atoms with Gasteiger partial charge in [0.2, 0.25) is 0 Å².